The molecule has 1 atom stereocenters. The second-order valence-electron chi connectivity index (χ2n) is 2.82. The summed E-state index contributed by atoms with van der Waals surface area (Å²) in [4.78, 5) is 0. The molecular weight excluding hydrogens is 146 g/mol. The van der Waals surface area contributed by atoms with Crippen LogP contribution in [0.15, 0.2) is 0 Å². The van der Waals surface area contributed by atoms with Crippen LogP contribution >= 0.6 is 0 Å². The summed E-state index contributed by atoms with van der Waals surface area (Å²) in [5, 5.41) is 0. The average Bonchev–Trinajstić information content (AvgIpc) is 1.91. The highest BCUT2D eigenvalue weighted by atomic mass is 28.4. The van der Waals surface area contributed by atoms with Crippen molar-refractivity contribution in [3.63, 3.8) is 0 Å². The van der Waals surface area contributed by atoms with Crippen LogP contribution in [0.25, 0.3) is 0 Å². The van der Waals surface area contributed by atoms with Crippen molar-refractivity contribution in [2.45, 2.75) is 12.5 Å². The lowest BCUT2D eigenvalue weighted by Gasteiger charge is -2.49. The number of nitrogens with zero attached hydrogens (tertiary/aromatic N) is 1. The van der Waals surface area contributed by atoms with Crippen LogP contribution in [0.1, 0.15) is 6.92 Å². The minimum Gasteiger partial charge on any atom is -0.386 e. The minimum atomic E-state index is -1.86. The number of rotatable bonds is 2. The van der Waals surface area contributed by atoms with Gasteiger partial charge in [0.2, 0.25) is 0 Å². The normalized spacial score (nSPS) is 31.8. The fourth-order valence-corrected chi connectivity index (χ4v) is 4.78. The second-order valence-corrected chi connectivity index (χ2v) is 6.65. The predicted octanol–water partition coefficient (Wildman–Crippen LogP) is 0.554. The third-order valence-electron chi connectivity index (χ3n) is 2.29. The highest BCUT2D eigenvalue weighted by Gasteiger charge is 2.56. The van der Waals surface area contributed by atoms with Crippen molar-refractivity contribution in [3.05, 3.63) is 0 Å². The van der Waals surface area contributed by atoms with Crippen LogP contribution in [-0.4, -0.2) is 41.1 Å². The maximum Gasteiger partial charge on any atom is 0.431 e. The Morgan fingerprint density at radius 2 is 1.90 bits per heavy atom. The maximum absolute atomic E-state index is 5.39. The monoisotopic (exact) mass is 161 g/mol. The Labute approximate surface area is 63.3 Å². The first-order chi connectivity index (χ1) is 4.67. The standard InChI is InChI=1S/C6H15NO2Si/c1-6-5-7(2)10(6,8-3)9-4/h6H,5H2,1-4H3. The van der Waals surface area contributed by atoms with Crippen molar-refractivity contribution in [1.82, 2.24) is 4.57 Å². The second kappa shape index (κ2) is 2.62. The van der Waals surface area contributed by atoms with Gasteiger partial charge in [0.15, 0.2) is 0 Å². The first-order valence-corrected chi connectivity index (χ1v) is 5.33. The van der Waals surface area contributed by atoms with Gasteiger partial charge >= 0.3 is 8.72 Å². The Hall–Kier alpha value is 0.0969. The van der Waals surface area contributed by atoms with E-state index in [0.29, 0.717) is 5.54 Å². The van der Waals surface area contributed by atoms with Crippen LogP contribution in [0.4, 0.5) is 0 Å². The summed E-state index contributed by atoms with van der Waals surface area (Å²) in [6.45, 7) is 3.28. The van der Waals surface area contributed by atoms with Crippen molar-refractivity contribution in [1.29, 1.82) is 0 Å². The zero-order valence-corrected chi connectivity index (χ0v) is 8.05. The largest absolute Gasteiger partial charge is 0.431 e. The average molecular weight is 161 g/mol. The highest BCUT2D eigenvalue weighted by molar-refractivity contribution is 6.68. The first-order valence-electron chi connectivity index (χ1n) is 3.49. The lowest BCUT2D eigenvalue weighted by Crippen LogP contribution is -2.69. The molecule has 0 aromatic heterocycles. The van der Waals surface area contributed by atoms with Crippen molar-refractivity contribution < 1.29 is 8.85 Å². The van der Waals surface area contributed by atoms with Gasteiger partial charge in [-0.25, -0.2) is 0 Å². The smallest absolute Gasteiger partial charge is 0.386 e. The summed E-state index contributed by atoms with van der Waals surface area (Å²) in [7, 11) is 3.67. The fraction of sp³-hybridized carbons (Fsp3) is 1.00. The molecule has 0 radical (unpaired) electrons. The van der Waals surface area contributed by atoms with E-state index < -0.39 is 8.72 Å². The molecule has 0 amide bonds. The zero-order valence-electron chi connectivity index (χ0n) is 7.05. The van der Waals surface area contributed by atoms with E-state index in [9.17, 15) is 0 Å². The van der Waals surface area contributed by atoms with Crippen molar-refractivity contribution >= 4 is 8.72 Å². The molecule has 60 valence electrons. The topological polar surface area (TPSA) is 21.7 Å². The summed E-state index contributed by atoms with van der Waals surface area (Å²) in [6.07, 6.45) is 0. The third kappa shape index (κ3) is 0.835. The molecule has 4 heteroatoms. The molecule has 0 N–H and O–H groups in total. The molecule has 1 saturated heterocycles. The highest BCUT2D eigenvalue weighted by Crippen LogP contribution is 2.35. The maximum atomic E-state index is 5.39. The molecular formula is C6H15NO2Si. The molecule has 0 aromatic rings. The van der Waals surface area contributed by atoms with E-state index in [-0.39, 0.29) is 0 Å². The Bertz CT molecular complexity index is 117. The Balaban J connectivity index is 2.61. The third-order valence-corrected chi connectivity index (χ3v) is 6.13. The van der Waals surface area contributed by atoms with Crippen LogP contribution in [0.2, 0.25) is 5.54 Å². The van der Waals surface area contributed by atoms with E-state index >= 15 is 0 Å². The van der Waals surface area contributed by atoms with Crippen LogP contribution in [0.5, 0.6) is 0 Å². The van der Waals surface area contributed by atoms with E-state index in [4.69, 9.17) is 8.85 Å². The SMILES string of the molecule is CO[Si]1(OC)C(C)CN1C. The Kier molecular flexibility index (Phi) is 2.14. The first kappa shape index (κ1) is 8.20. The molecule has 1 heterocycles. The van der Waals surface area contributed by atoms with Crippen molar-refractivity contribution in [3.8, 4) is 0 Å². The Morgan fingerprint density at radius 3 is 2.00 bits per heavy atom. The van der Waals surface area contributed by atoms with Gasteiger partial charge in [0, 0.05) is 26.3 Å². The van der Waals surface area contributed by atoms with E-state index in [1.807, 2.05) is 0 Å². The molecule has 0 spiro atoms. The van der Waals surface area contributed by atoms with E-state index in [0.717, 1.165) is 6.54 Å². The lowest BCUT2D eigenvalue weighted by atomic mass is 10.5. The summed E-state index contributed by atoms with van der Waals surface area (Å²) < 4.78 is 13.0. The van der Waals surface area contributed by atoms with Gasteiger partial charge in [-0.3, -0.25) is 4.57 Å². The quantitative estimate of drug-likeness (QED) is 0.552. The fourth-order valence-electron chi connectivity index (χ4n) is 1.71. The number of hydrogen-bond acceptors (Lipinski definition) is 3. The van der Waals surface area contributed by atoms with E-state index in [1.165, 1.54) is 0 Å². The molecule has 1 rings (SSSR count). The molecule has 10 heavy (non-hydrogen) atoms. The summed E-state index contributed by atoms with van der Waals surface area (Å²) in [5.74, 6) is 0. The molecule has 3 nitrogen and oxygen atoms in total. The van der Waals surface area contributed by atoms with Gasteiger partial charge in [0.05, 0.1) is 0 Å². The van der Waals surface area contributed by atoms with Gasteiger partial charge in [-0.05, 0) is 7.05 Å². The van der Waals surface area contributed by atoms with Gasteiger partial charge in [0.1, 0.15) is 0 Å². The van der Waals surface area contributed by atoms with Crippen LogP contribution in [-0.2, 0) is 8.85 Å². The molecule has 1 unspecified atom stereocenters. The van der Waals surface area contributed by atoms with Crippen LogP contribution in [0.3, 0.4) is 0 Å². The zero-order chi connectivity index (χ0) is 7.78. The summed E-state index contributed by atoms with van der Waals surface area (Å²) in [5.41, 5.74) is 0.604. The molecule has 1 fully saturated rings. The van der Waals surface area contributed by atoms with Crippen molar-refractivity contribution in [2.24, 2.45) is 0 Å². The predicted molar refractivity (Wildman–Crippen MR) is 41.8 cm³/mol. The van der Waals surface area contributed by atoms with Gasteiger partial charge in [-0.15, -0.1) is 0 Å². The molecule has 0 aromatic carbocycles. The molecule has 0 saturated carbocycles. The molecule has 0 bridgehead atoms. The summed E-state index contributed by atoms with van der Waals surface area (Å²) in [6, 6.07) is 0. The van der Waals surface area contributed by atoms with E-state index in [1.54, 1.807) is 14.2 Å². The van der Waals surface area contributed by atoms with E-state index in [2.05, 4.69) is 18.5 Å². The van der Waals surface area contributed by atoms with Gasteiger partial charge in [0.25, 0.3) is 0 Å². The molecule has 0 aliphatic carbocycles. The molecule has 1 aliphatic rings. The van der Waals surface area contributed by atoms with Gasteiger partial charge < -0.3 is 8.85 Å². The van der Waals surface area contributed by atoms with Crippen LogP contribution in [0, 0.1) is 0 Å². The van der Waals surface area contributed by atoms with Gasteiger partial charge in [-0.1, -0.05) is 6.92 Å². The van der Waals surface area contributed by atoms with Crippen molar-refractivity contribution in [2.75, 3.05) is 27.8 Å². The van der Waals surface area contributed by atoms with Gasteiger partial charge in [-0.2, -0.15) is 0 Å². The Morgan fingerprint density at radius 1 is 1.40 bits per heavy atom. The lowest BCUT2D eigenvalue weighted by molar-refractivity contribution is 0.119. The minimum absolute atomic E-state index is 0.604. The summed E-state index contributed by atoms with van der Waals surface area (Å²) >= 11 is 0. The number of hydrogen-bond donors (Lipinski definition) is 0. The van der Waals surface area contributed by atoms with Crippen LogP contribution < -0.4 is 0 Å². The molecule has 1 aliphatic heterocycles.